The molecular formula is C12H11ClFN3. The average Bonchev–Trinajstić information content (AvgIpc) is 2.29. The highest BCUT2D eigenvalue weighted by Gasteiger charge is 2.07. The van der Waals surface area contributed by atoms with E-state index in [9.17, 15) is 4.39 Å². The topological polar surface area (TPSA) is 37.8 Å². The van der Waals surface area contributed by atoms with Crippen LogP contribution in [-0.2, 0) is 0 Å². The van der Waals surface area contributed by atoms with Gasteiger partial charge in [-0.3, -0.25) is 4.98 Å². The molecule has 1 N–H and O–H groups in total. The number of nitrogens with one attached hydrogen (secondary N) is 1. The van der Waals surface area contributed by atoms with Gasteiger partial charge in [0.15, 0.2) is 0 Å². The van der Waals surface area contributed by atoms with E-state index < -0.39 is 0 Å². The first-order valence-corrected chi connectivity index (χ1v) is 5.52. The summed E-state index contributed by atoms with van der Waals surface area (Å²) in [7, 11) is 0. The van der Waals surface area contributed by atoms with E-state index in [2.05, 4.69) is 15.3 Å². The van der Waals surface area contributed by atoms with Crippen molar-refractivity contribution in [3.8, 4) is 0 Å². The summed E-state index contributed by atoms with van der Waals surface area (Å²) < 4.78 is 13.1. The minimum absolute atomic E-state index is 0.0709. The van der Waals surface area contributed by atoms with Crippen LogP contribution in [0.5, 0.6) is 0 Å². The van der Waals surface area contributed by atoms with Gasteiger partial charge >= 0.3 is 0 Å². The zero-order valence-electron chi connectivity index (χ0n) is 9.19. The number of benzene rings is 1. The predicted molar refractivity (Wildman–Crippen MR) is 65.5 cm³/mol. The van der Waals surface area contributed by atoms with E-state index >= 15 is 0 Å². The molecule has 0 radical (unpaired) electrons. The Bertz CT molecular complexity index is 519. The zero-order valence-corrected chi connectivity index (χ0v) is 9.95. The highest BCUT2D eigenvalue weighted by Crippen LogP contribution is 2.18. The molecule has 0 spiro atoms. The third-order valence-corrected chi connectivity index (χ3v) is 2.50. The third-order valence-electron chi connectivity index (χ3n) is 2.32. The van der Waals surface area contributed by atoms with E-state index in [1.54, 1.807) is 12.3 Å². The van der Waals surface area contributed by atoms with Crippen molar-refractivity contribution in [1.29, 1.82) is 0 Å². The van der Waals surface area contributed by atoms with Gasteiger partial charge in [-0.15, -0.1) is 0 Å². The molecule has 0 amide bonds. The molecule has 1 aromatic heterocycles. The first-order chi connectivity index (χ1) is 8.15. The average molecular weight is 252 g/mol. The second kappa shape index (κ2) is 5.10. The van der Waals surface area contributed by atoms with E-state index in [0.717, 1.165) is 5.56 Å². The maximum Gasteiger partial charge on any atom is 0.149 e. The van der Waals surface area contributed by atoms with Gasteiger partial charge in [0.1, 0.15) is 16.8 Å². The normalized spacial score (nSPS) is 12.2. The molecule has 0 aliphatic heterocycles. The first kappa shape index (κ1) is 11.8. The Morgan fingerprint density at radius 2 is 2.18 bits per heavy atom. The van der Waals surface area contributed by atoms with E-state index in [-0.39, 0.29) is 11.9 Å². The SMILES string of the molecule is CC(Nc1cncc(Cl)n1)c1cccc(F)c1. The Labute approximate surface area is 104 Å². The van der Waals surface area contributed by atoms with Crippen LogP contribution >= 0.6 is 11.6 Å². The summed E-state index contributed by atoms with van der Waals surface area (Å²) in [5, 5.41) is 3.42. The minimum atomic E-state index is -0.256. The summed E-state index contributed by atoms with van der Waals surface area (Å²) in [6, 6.07) is 6.34. The number of nitrogens with zero attached hydrogens (tertiary/aromatic N) is 2. The lowest BCUT2D eigenvalue weighted by atomic mass is 10.1. The molecule has 1 aromatic carbocycles. The molecule has 3 nitrogen and oxygen atoms in total. The number of anilines is 1. The lowest BCUT2D eigenvalue weighted by Crippen LogP contribution is -2.08. The van der Waals surface area contributed by atoms with Crippen molar-refractivity contribution in [1.82, 2.24) is 9.97 Å². The Morgan fingerprint density at radius 1 is 1.35 bits per heavy atom. The number of hydrogen-bond donors (Lipinski definition) is 1. The molecule has 5 heteroatoms. The summed E-state index contributed by atoms with van der Waals surface area (Å²) in [4.78, 5) is 7.98. The number of hydrogen-bond acceptors (Lipinski definition) is 3. The van der Waals surface area contributed by atoms with Crippen LogP contribution in [0.25, 0.3) is 0 Å². The molecule has 88 valence electrons. The van der Waals surface area contributed by atoms with Gasteiger partial charge < -0.3 is 5.32 Å². The Balaban J connectivity index is 2.14. The molecule has 0 aliphatic carbocycles. The standard InChI is InChI=1S/C12H11ClFN3/c1-8(9-3-2-4-10(14)5-9)16-12-7-15-6-11(13)17-12/h2-8H,1H3,(H,16,17). The van der Waals surface area contributed by atoms with Crippen LogP contribution in [0.15, 0.2) is 36.7 Å². The number of rotatable bonds is 3. The largest absolute Gasteiger partial charge is 0.362 e. The van der Waals surface area contributed by atoms with E-state index in [0.29, 0.717) is 11.0 Å². The summed E-state index contributed by atoms with van der Waals surface area (Å²) in [6.45, 7) is 1.91. The fourth-order valence-electron chi connectivity index (χ4n) is 1.49. The second-order valence-electron chi connectivity index (χ2n) is 3.65. The molecule has 0 fully saturated rings. The Kier molecular flexibility index (Phi) is 3.54. The van der Waals surface area contributed by atoms with Crippen LogP contribution < -0.4 is 5.32 Å². The highest BCUT2D eigenvalue weighted by molar-refractivity contribution is 6.29. The summed E-state index contributed by atoms with van der Waals surface area (Å²) in [6.07, 6.45) is 3.03. The second-order valence-corrected chi connectivity index (χ2v) is 4.04. The van der Waals surface area contributed by atoms with Crippen LogP contribution in [-0.4, -0.2) is 9.97 Å². The predicted octanol–water partition coefficient (Wildman–Crippen LogP) is 3.44. The fourth-order valence-corrected chi connectivity index (χ4v) is 1.64. The maximum absolute atomic E-state index is 13.1. The van der Waals surface area contributed by atoms with Crippen LogP contribution in [0.2, 0.25) is 5.15 Å². The molecule has 0 aliphatic rings. The molecule has 2 aromatic rings. The molecule has 1 atom stereocenters. The zero-order chi connectivity index (χ0) is 12.3. The third kappa shape index (κ3) is 3.14. The fraction of sp³-hybridized carbons (Fsp3) is 0.167. The van der Waals surface area contributed by atoms with Gasteiger partial charge in [-0.25, -0.2) is 9.37 Å². The lowest BCUT2D eigenvalue weighted by molar-refractivity contribution is 0.623. The van der Waals surface area contributed by atoms with Crippen molar-refractivity contribution in [2.45, 2.75) is 13.0 Å². The minimum Gasteiger partial charge on any atom is -0.362 e. The van der Waals surface area contributed by atoms with Crippen molar-refractivity contribution < 1.29 is 4.39 Å². The van der Waals surface area contributed by atoms with Crippen molar-refractivity contribution in [2.75, 3.05) is 5.32 Å². The lowest BCUT2D eigenvalue weighted by Gasteiger charge is -2.14. The quantitative estimate of drug-likeness (QED) is 0.908. The van der Waals surface area contributed by atoms with Gasteiger partial charge in [-0.1, -0.05) is 23.7 Å². The number of halogens is 2. The highest BCUT2D eigenvalue weighted by atomic mass is 35.5. The smallest absolute Gasteiger partial charge is 0.149 e. The van der Waals surface area contributed by atoms with Crippen molar-refractivity contribution in [2.24, 2.45) is 0 Å². The molecule has 0 saturated heterocycles. The first-order valence-electron chi connectivity index (χ1n) is 5.14. The van der Waals surface area contributed by atoms with Gasteiger partial charge in [0, 0.05) is 0 Å². The molecule has 0 saturated carbocycles. The van der Waals surface area contributed by atoms with Gasteiger partial charge in [0.25, 0.3) is 0 Å². The summed E-state index contributed by atoms with van der Waals surface area (Å²) in [5.41, 5.74) is 0.840. The molecule has 0 bridgehead atoms. The Morgan fingerprint density at radius 3 is 2.88 bits per heavy atom. The van der Waals surface area contributed by atoms with Crippen molar-refractivity contribution in [3.63, 3.8) is 0 Å². The van der Waals surface area contributed by atoms with Crippen molar-refractivity contribution in [3.05, 3.63) is 53.2 Å². The number of aromatic nitrogens is 2. The molecule has 2 rings (SSSR count). The van der Waals surface area contributed by atoms with Crippen molar-refractivity contribution >= 4 is 17.4 Å². The molecule has 17 heavy (non-hydrogen) atoms. The summed E-state index contributed by atoms with van der Waals surface area (Å²) in [5.74, 6) is 0.308. The maximum atomic E-state index is 13.1. The van der Waals surface area contributed by atoms with E-state index in [1.165, 1.54) is 18.3 Å². The van der Waals surface area contributed by atoms with E-state index in [1.807, 2.05) is 13.0 Å². The van der Waals surface area contributed by atoms with Gasteiger partial charge in [0.2, 0.25) is 0 Å². The van der Waals surface area contributed by atoms with E-state index in [4.69, 9.17) is 11.6 Å². The molecule has 1 unspecified atom stereocenters. The van der Waals surface area contributed by atoms with Crippen LogP contribution in [0.4, 0.5) is 10.2 Å². The van der Waals surface area contributed by atoms with Gasteiger partial charge in [0.05, 0.1) is 18.4 Å². The molecule has 1 heterocycles. The van der Waals surface area contributed by atoms with Crippen LogP contribution in [0, 0.1) is 5.82 Å². The van der Waals surface area contributed by atoms with Gasteiger partial charge in [-0.2, -0.15) is 0 Å². The van der Waals surface area contributed by atoms with Crippen LogP contribution in [0.1, 0.15) is 18.5 Å². The van der Waals surface area contributed by atoms with Crippen LogP contribution in [0.3, 0.4) is 0 Å². The molecular weight excluding hydrogens is 241 g/mol. The monoisotopic (exact) mass is 251 g/mol. The van der Waals surface area contributed by atoms with Gasteiger partial charge in [-0.05, 0) is 24.6 Å². The summed E-state index contributed by atoms with van der Waals surface area (Å²) >= 11 is 5.73. The Hall–Kier alpha value is -1.68.